The summed E-state index contributed by atoms with van der Waals surface area (Å²) in [5, 5.41) is 2.66. The number of halogens is 1. The maximum Gasteiger partial charge on any atom is 0.325 e. The predicted molar refractivity (Wildman–Crippen MR) is 103 cm³/mol. The average molecular weight is 418 g/mol. The number of amides is 3. The second-order valence-corrected chi connectivity index (χ2v) is 6.81. The number of methoxy groups -OCH3 is 1. The van der Waals surface area contributed by atoms with E-state index in [1.165, 1.54) is 0 Å². The summed E-state index contributed by atoms with van der Waals surface area (Å²) in [4.78, 5) is 28.8. The van der Waals surface area contributed by atoms with Gasteiger partial charge in [-0.25, -0.2) is 4.79 Å². The fraction of sp³-hybridized carbons (Fsp3) is 0.263. The Bertz CT molecular complexity index is 810. The van der Waals surface area contributed by atoms with Crippen LogP contribution < -0.4 is 15.0 Å². The Balaban J connectivity index is 1.91. The number of hydrogen-bond acceptors (Lipinski definition) is 3. The number of anilines is 1. The van der Waals surface area contributed by atoms with Crippen molar-refractivity contribution < 1.29 is 14.3 Å². The Labute approximate surface area is 160 Å². The quantitative estimate of drug-likeness (QED) is 0.812. The molecule has 136 valence electrons. The van der Waals surface area contributed by atoms with Crippen LogP contribution in [0.15, 0.2) is 53.0 Å². The van der Waals surface area contributed by atoms with Crippen LogP contribution >= 0.6 is 15.9 Å². The third kappa shape index (κ3) is 3.53. The van der Waals surface area contributed by atoms with E-state index in [-0.39, 0.29) is 11.9 Å². The van der Waals surface area contributed by atoms with E-state index in [9.17, 15) is 9.59 Å². The van der Waals surface area contributed by atoms with Crippen LogP contribution in [0.25, 0.3) is 0 Å². The molecule has 1 N–H and O–H groups in total. The van der Waals surface area contributed by atoms with Gasteiger partial charge in [0.1, 0.15) is 11.8 Å². The monoisotopic (exact) mass is 417 g/mol. The second kappa shape index (κ2) is 7.78. The summed E-state index contributed by atoms with van der Waals surface area (Å²) in [5.74, 6) is 0.414. The molecular weight excluding hydrogens is 398 g/mol. The number of carbonyl (C=O) groups excluding carboxylic acids is 2. The summed E-state index contributed by atoms with van der Waals surface area (Å²) in [7, 11) is 3.15. The van der Waals surface area contributed by atoms with E-state index in [2.05, 4.69) is 21.2 Å². The van der Waals surface area contributed by atoms with Crippen molar-refractivity contribution in [2.45, 2.75) is 6.04 Å². The van der Waals surface area contributed by atoms with Crippen LogP contribution in [0, 0.1) is 0 Å². The zero-order chi connectivity index (χ0) is 18.7. The first kappa shape index (κ1) is 18.3. The Kier molecular flexibility index (Phi) is 5.46. The van der Waals surface area contributed by atoms with Gasteiger partial charge in [-0.15, -0.1) is 0 Å². The molecule has 1 saturated heterocycles. The van der Waals surface area contributed by atoms with Crippen LogP contribution in [0.4, 0.5) is 10.5 Å². The molecule has 1 heterocycles. The molecule has 0 spiro atoms. The molecule has 2 aromatic carbocycles. The second-order valence-electron chi connectivity index (χ2n) is 5.90. The zero-order valence-corrected chi connectivity index (χ0v) is 16.2. The minimum absolute atomic E-state index is 0.191. The number of carbonyl (C=O) groups is 2. The first-order valence-corrected chi connectivity index (χ1v) is 9.03. The minimum atomic E-state index is -0.706. The highest BCUT2D eigenvalue weighted by Crippen LogP contribution is 2.30. The largest absolute Gasteiger partial charge is 0.497 e. The molecule has 0 bridgehead atoms. The SMILES string of the molecule is CNC(=O)C(c1cccc(OC)c1)N1CCN(c2ccc(Br)cc2)C1=O. The summed E-state index contributed by atoms with van der Waals surface area (Å²) in [6.45, 7) is 0.988. The van der Waals surface area contributed by atoms with Crippen LogP contribution in [0.3, 0.4) is 0 Å². The van der Waals surface area contributed by atoms with Gasteiger partial charge < -0.3 is 15.0 Å². The smallest absolute Gasteiger partial charge is 0.325 e. The van der Waals surface area contributed by atoms with E-state index in [1.54, 1.807) is 30.0 Å². The molecule has 0 saturated carbocycles. The van der Waals surface area contributed by atoms with Crippen LogP contribution in [0.2, 0.25) is 0 Å². The normalized spacial score (nSPS) is 15.1. The van der Waals surface area contributed by atoms with Gasteiger partial charge in [-0.1, -0.05) is 28.1 Å². The van der Waals surface area contributed by atoms with Crippen molar-refractivity contribution in [2.75, 3.05) is 32.1 Å². The van der Waals surface area contributed by atoms with Crippen molar-refractivity contribution in [3.05, 3.63) is 58.6 Å². The summed E-state index contributed by atoms with van der Waals surface area (Å²) in [5.41, 5.74) is 1.52. The summed E-state index contributed by atoms with van der Waals surface area (Å²) < 4.78 is 6.21. The molecule has 26 heavy (non-hydrogen) atoms. The number of urea groups is 1. The Hall–Kier alpha value is -2.54. The van der Waals surface area contributed by atoms with Crippen LogP contribution in [-0.2, 0) is 4.79 Å². The first-order chi connectivity index (χ1) is 12.5. The Morgan fingerprint density at radius 3 is 2.58 bits per heavy atom. The Morgan fingerprint density at radius 2 is 1.92 bits per heavy atom. The fourth-order valence-electron chi connectivity index (χ4n) is 3.08. The third-order valence-electron chi connectivity index (χ3n) is 4.40. The number of rotatable bonds is 5. The number of nitrogens with zero attached hydrogens (tertiary/aromatic N) is 2. The number of nitrogens with one attached hydrogen (secondary N) is 1. The molecule has 7 heteroatoms. The van der Waals surface area contributed by atoms with Crippen molar-refractivity contribution in [1.29, 1.82) is 0 Å². The van der Waals surface area contributed by atoms with Crippen LogP contribution in [0.1, 0.15) is 11.6 Å². The van der Waals surface area contributed by atoms with E-state index in [1.807, 2.05) is 42.5 Å². The van der Waals surface area contributed by atoms with Gasteiger partial charge in [0.15, 0.2) is 0 Å². The molecule has 0 radical (unpaired) electrons. The van der Waals surface area contributed by atoms with E-state index in [4.69, 9.17) is 4.74 Å². The molecule has 1 fully saturated rings. The Morgan fingerprint density at radius 1 is 1.19 bits per heavy atom. The van der Waals surface area contributed by atoms with Crippen molar-refractivity contribution in [1.82, 2.24) is 10.2 Å². The van der Waals surface area contributed by atoms with Gasteiger partial charge in [-0.3, -0.25) is 9.69 Å². The summed E-state index contributed by atoms with van der Waals surface area (Å²) >= 11 is 3.40. The minimum Gasteiger partial charge on any atom is -0.497 e. The maximum atomic E-state index is 13.0. The molecule has 3 amide bonds. The lowest BCUT2D eigenvalue weighted by atomic mass is 10.0. The van der Waals surface area contributed by atoms with E-state index < -0.39 is 6.04 Å². The van der Waals surface area contributed by atoms with Gasteiger partial charge in [-0.05, 0) is 42.0 Å². The molecule has 0 aliphatic carbocycles. The highest BCUT2D eigenvalue weighted by molar-refractivity contribution is 9.10. The lowest BCUT2D eigenvalue weighted by molar-refractivity contribution is -0.125. The van der Waals surface area contributed by atoms with Gasteiger partial charge in [0.05, 0.1) is 7.11 Å². The van der Waals surface area contributed by atoms with Gasteiger partial charge >= 0.3 is 6.03 Å². The lowest BCUT2D eigenvalue weighted by Crippen LogP contribution is -2.42. The first-order valence-electron chi connectivity index (χ1n) is 8.24. The topological polar surface area (TPSA) is 61.9 Å². The average Bonchev–Trinajstić information content (AvgIpc) is 3.04. The lowest BCUT2D eigenvalue weighted by Gasteiger charge is -2.27. The summed E-state index contributed by atoms with van der Waals surface area (Å²) in [6, 6.07) is 13.9. The van der Waals surface area contributed by atoms with Gasteiger partial charge in [0, 0.05) is 30.3 Å². The van der Waals surface area contributed by atoms with Crippen LogP contribution in [0.5, 0.6) is 5.75 Å². The molecule has 1 aliphatic rings. The highest BCUT2D eigenvalue weighted by Gasteiger charge is 2.38. The van der Waals surface area contributed by atoms with Gasteiger partial charge in [0.25, 0.3) is 0 Å². The third-order valence-corrected chi connectivity index (χ3v) is 4.92. The number of benzene rings is 2. The van der Waals surface area contributed by atoms with Gasteiger partial charge in [-0.2, -0.15) is 0 Å². The number of ether oxygens (including phenoxy) is 1. The van der Waals surface area contributed by atoms with E-state index >= 15 is 0 Å². The number of hydrogen-bond donors (Lipinski definition) is 1. The molecule has 2 aromatic rings. The van der Waals surface area contributed by atoms with E-state index in [0.717, 1.165) is 15.7 Å². The molecule has 1 atom stereocenters. The fourth-order valence-corrected chi connectivity index (χ4v) is 3.34. The van der Waals surface area contributed by atoms with Crippen molar-refractivity contribution in [3.8, 4) is 5.75 Å². The molecule has 6 nitrogen and oxygen atoms in total. The van der Waals surface area contributed by atoms with Crippen molar-refractivity contribution in [3.63, 3.8) is 0 Å². The highest BCUT2D eigenvalue weighted by atomic mass is 79.9. The molecule has 0 aromatic heterocycles. The molecule has 1 aliphatic heterocycles. The molecule has 1 unspecified atom stereocenters. The predicted octanol–water partition coefficient (Wildman–Crippen LogP) is 3.19. The zero-order valence-electron chi connectivity index (χ0n) is 14.6. The van der Waals surface area contributed by atoms with E-state index in [0.29, 0.717) is 18.8 Å². The standard InChI is InChI=1S/C19H20BrN3O3/c1-21-18(24)17(13-4-3-5-16(12-13)26-2)23-11-10-22(19(23)25)15-8-6-14(20)7-9-15/h3-9,12,17H,10-11H2,1-2H3,(H,21,24). The number of likely N-dealkylation sites (N-methyl/N-ethyl adjacent to an activating group) is 1. The van der Waals surface area contributed by atoms with Crippen molar-refractivity contribution >= 4 is 33.6 Å². The van der Waals surface area contributed by atoms with Gasteiger partial charge in [0.2, 0.25) is 5.91 Å². The summed E-state index contributed by atoms with van der Waals surface area (Å²) in [6.07, 6.45) is 0. The van der Waals surface area contributed by atoms with Crippen molar-refractivity contribution in [2.24, 2.45) is 0 Å². The van der Waals surface area contributed by atoms with Crippen LogP contribution in [-0.4, -0.2) is 44.1 Å². The molecule has 3 rings (SSSR count). The molecular formula is C19H20BrN3O3. The maximum absolute atomic E-state index is 13.0.